The molecule has 0 atom stereocenters. The van der Waals surface area contributed by atoms with Crippen LogP contribution in [0.25, 0.3) is 0 Å². The molecule has 1 aliphatic rings. The third-order valence-electron chi connectivity index (χ3n) is 4.75. The largest absolute Gasteiger partial charge is 0.312 e. The van der Waals surface area contributed by atoms with Gasteiger partial charge in [0.2, 0.25) is 0 Å². The number of hydrogen-bond acceptors (Lipinski definition) is 4. The number of aromatic amines is 1. The van der Waals surface area contributed by atoms with Gasteiger partial charge in [-0.05, 0) is 54.9 Å². The van der Waals surface area contributed by atoms with Crippen LogP contribution in [0.2, 0.25) is 5.15 Å². The van der Waals surface area contributed by atoms with Gasteiger partial charge in [0, 0.05) is 16.7 Å². The molecule has 5 nitrogen and oxygen atoms in total. The van der Waals surface area contributed by atoms with Gasteiger partial charge in [0.1, 0.15) is 5.15 Å². The van der Waals surface area contributed by atoms with E-state index in [0.29, 0.717) is 29.0 Å². The van der Waals surface area contributed by atoms with Gasteiger partial charge in [-0.25, -0.2) is 0 Å². The first-order chi connectivity index (χ1) is 12.8. The minimum absolute atomic E-state index is 0.183. The van der Waals surface area contributed by atoms with Crippen LogP contribution in [0.3, 0.4) is 0 Å². The Morgan fingerprint density at radius 1 is 1.22 bits per heavy atom. The number of halogens is 1. The number of nitrogens with one attached hydrogen (secondary N) is 1. The van der Waals surface area contributed by atoms with Gasteiger partial charge >= 0.3 is 0 Å². The predicted molar refractivity (Wildman–Crippen MR) is 102 cm³/mol. The number of pyridine rings is 1. The van der Waals surface area contributed by atoms with E-state index in [1.54, 1.807) is 0 Å². The molecule has 0 saturated heterocycles. The summed E-state index contributed by atoms with van der Waals surface area (Å²) in [5.74, 6) is -0.103. The Kier molecular flexibility index (Phi) is 5.17. The van der Waals surface area contributed by atoms with E-state index in [1.165, 1.54) is 18.2 Å². The Labute approximate surface area is 162 Å². The number of nitriles is 2. The minimum atomic E-state index is -0.380. The molecule has 2 aromatic rings. The van der Waals surface area contributed by atoms with Crippen LogP contribution in [0.1, 0.15) is 70.8 Å². The summed E-state index contributed by atoms with van der Waals surface area (Å²) in [6.45, 7) is 3.70. The van der Waals surface area contributed by atoms with E-state index in [9.17, 15) is 20.1 Å². The molecule has 0 bridgehead atoms. The molecule has 6 heteroatoms. The first-order valence-corrected chi connectivity index (χ1v) is 9.18. The first-order valence-electron chi connectivity index (χ1n) is 8.80. The van der Waals surface area contributed by atoms with Crippen molar-refractivity contribution in [2.24, 2.45) is 5.92 Å². The standard InChI is InChI=1S/C21H18ClN3O2/c1-11(2)17-18(16(8-12-3-4-12)20(22)25-21(17)27)19(26)15-6-13(9-23)5-14(7-15)10-24/h5-7,11-12H,3-4,8H2,1-2H3,(H,25,27). The van der Waals surface area contributed by atoms with Gasteiger partial charge in [0.05, 0.1) is 23.3 Å². The molecule has 1 aromatic heterocycles. The Hall–Kier alpha value is -2.89. The highest BCUT2D eigenvalue weighted by molar-refractivity contribution is 6.31. The number of nitrogens with zero attached hydrogens (tertiary/aromatic N) is 2. The maximum absolute atomic E-state index is 13.4. The smallest absolute Gasteiger partial charge is 0.253 e. The highest BCUT2D eigenvalue weighted by Crippen LogP contribution is 2.37. The molecule has 1 aromatic carbocycles. The van der Waals surface area contributed by atoms with Crippen molar-refractivity contribution in [3.8, 4) is 12.1 Å². The van der Waals surface area contributed by atoms with Crippen LogP contribution >= 0.6 is 11.6 Å². The number of rotatable bonds is 5. The topological polar surface area (TPSA) is 97.5 Å². The molecular weight excluding hydrogens is 362 g/mol. The fourth-order valence-corrected chi connectivity index (χ4v) is 3.53. The second-order valence-electron chi connectivity index (χ2n) is 7.19. The quantitative estimate of drug-likeness (QED) is 0.625. The molecule has 0 aliphatic heterocycles. The summed E-state index contributed by atoms with van der Waals surface area (Å²) >= 11 is 6.32. The van der Waals surface area contributed by atoms with E-state index in [0.717, 1.165) is 12.8 Å². The number of benzene rings is 1. The Morgan fingerprint density at radius 2 is 1.81 bits per heavy atom. The third kappa shape index (κ3) is 3.79. The van der Waals surface area contributed by atoms with E-state index in [2.05, 4.69) is 4.98 Å². The zero-order valence-corrected chi connectivity index (χ0v) is 15.9. The molecule has 27 heavy (non-hydrogen) atoms. The lowest BCUT2D eigenvalue weighted by Gasteiger charge is -2.17. The van der Waals surface area contributed by atoms with Crippen molar-refractivity contribution in [1.29, 1.82) is 10.5 Å². The Bertz CT molecular complexity index is 1030. The van der Waals surface area contributed by atoms with Gasteiger partial charge in [-0.3, -0.25) is 9.59 Å². The van der Waals surface area contributed by atoms with Crippen LogP contribution in [0.15, 0.2) is 23.0 Å². The van der Waals surface area contributed by atoms with Crippen LogP contribution in [0, 0.1) is 28.6 Å². The maximum atomic E-state index is 13.4. The number of carbonyl (C=O) groups is 1. The number of hydrogen-bond donors (Lipinski definition) is 1. The Balaban J connectivity index is 2.26. The predicted octanol–water partition coefficient (Wildman–Crippen LogP) is 4.08. The van der Waals surface area contributed by atoms with E-state index in [4.69, 9.17) is 11.6 Å². The normalized spacial score (nSPS) is 13.3. The van der Waals surface area contributed by atoms with Crippen molar-refractivity contribution in [3.05, 3.63) is 67.1 Å². The van der Waals surface area contributed by atoms with Crippen molar-refractivity contribution in [3.63, 3.8) is 0 Å². The van der Waals surface area contributed by atoms with Gasteiger partial charge in [-0.2, -0.15) is 10.5 Å². The first kappa shape index (κ1) is 18.9. The lowest BCUT2D eigenvalue weighted by molar-refractivity contribution is 0.103. The monoisotopic (exact) mass is 379 g/mol. The number of H-pyrrole nitrogens is 1. The van der Waals surface area contributed by atoms with Crippen molar-refractivity contribution in [2.45, 2.75) is 39.0 Å². The lowest BCUT2D eigenvalue weighted by Crippen LogP contribution is -2.23. The minimum Gasteiger partial charge on any atom is -0.312 e. The van der Waals surface area contributed by atoms with Crippen molar-refractivity contribution < 1.29 is 4.79 Å². The van der Waals surface area contributed by atoms with E-state index in [1.807, 2.05) is 26.0 Å². The van der Waals surface area contributed by atoms with Crippen molar-refractivity contribution >= 4 is 17.4 Å². The van der Waals surface area contributed by atoms with Crippen LogP contribution < -0.4 is 5.56 Å². The zero-order chi connectivity index (χ0) is 19.7. The van der Waals surface area contributed by atoms with Gasteiger partial charge in [0.25, 0.3) is 5.56 Å². The highest BCUT2D eigenvalue weighted by atomic mass is 35.5. The fraction of sp³-hybridized carbons (Fsp3) is 0.333. The Morgan fingerprint density at radius 3 is 2.30 bits per heavy atom. The van der Waals surface area contributed by atoms with Gasteiger partial charge in [0.15, 0.2) is 5.78 Å². The SMILES string of the molecule is CC(C)c1c(C(=O)c2cc(C#N)cc(C#N)c2)c(CC2CC2)c(Cl)[nH]c1=O. The van der Waals surface area contributed by atoms with E-state index in [-0.39, 0.29) is 39.1 Å². The molecular formula is C21H18ClN3O2. The summed E-state index contributed by atoms with van der Waals surface area (Å²) in [6.07, 6.45) is 2.77. The second-order valence-corrected chi connectivity index (χ2v) is 7.57. The number of aromatic nitrogens is 1. The molecule has 136 valence electrons. The average Bonchev–Trinajstić information content (AvgIpc) is 3.46. The third-order valence-corrected chi connectivity index (χ3v) is 5.07. The average molecular weight is 380 g/mol. The molecule has 0 unspecified atom stereocenters. The van der Waals surface area contributed by atoms with Crippen LogP contribution in [-0.4, -0.2) is 10.8 Å². The van der Waals surface area contributed by atoms with E-state index >= 15 is 0 Å². The summed E-state index contributed by atoms with van der Waals surface area (Å²) < 4.78 is 0. The van der Waals surface area contributed by atoms with E-state index < -0.39 is 0 Å². The van der Waals surface area contributed by atoms with Crippen LogP contribution in [0.4, 0.5) is 0 Å². The molecule has 0 amide bonds. The molecule has 3 rings (SSSR count). The highest BCUT2D eigenvalue weighted by Gasteiger charge is 2.30. The van der Waals surface area contributed by atoms with Crippen molar-refractivity contribution in [2.75, 3.05) is 0 Å². The summed E-state index contributed by atoms with van der Waals surface area (Å²) in [6, 6.07) is 8.26. The lowest BCUT2D eigenvalue weighted by atomic mass is 9.87. The molecule has 1 aliphatic carbocycles. The summed E-state index contributed by atoms with van der Waals surface area (Å²) in [7, 11) is 0. The molecule has 1 saturated carbocycles. The molecule has 1 heterocycles. The summed E-state index contributed by atoms with van der Waals surface area (Å²) in [5.41, 5.74) is 1.63. The summed E-state index contributed by atoms with van der Waals surface area (Å²) in [4.78, 5) is 28.6. The number of ketones is 1. The maximum Gasteiger partial charge on any atom is 0.253 e. The van der Waals surface area contributed by atoms with Crippen molar-refractivity contribution in [1.82, 2.24) is 4.98 Å². The number of carbonyl (C=O) groups excluding carboxylic acids is 1. The molecule has 0 spiro atoms. The van der Waals surface area contributed by atoms with Gasteiger partial charge in [-0.1, -0.05) is 25.4 Å². The zero-order valence-electron chi connectivity index (χ0n) is 15.1. The summed E-state index contributed by atoms with van der Waals surface area (Å²) in [5, 5.41) is 18.6. The molecule has 1 N–H and O–H groups in total. The fourth-order valence-electron chi connectivity index (χ4n) is 3.27. The van der Waals surface area contributed by atoms with Crippen LogP contribution in [-0.2, 0) is 6.42 Å². The van der Waals surface area contributed by atoms with Gasteiger partial charge in [-0.15, -0.1) is 0 Å². The van der Waals surface area contributed by atoms with Gasteiger partial charge < -0.3 is 4.98 Å². The molecule has 0 radical (unpaired) electrons. The second kappa shape index (κ2) is 7.39. The van der Waals surface area contributed by atoms with Crippen LogP contribution in [0.5, 0.6) is 0 Å². The molecule has 1 fully saturated rings.